The van der Waals surface area contributed by atoms with Crippen molar-refractivity contribution in [3.63, 3.8) is 0 Å². The number of amides is 1. The van der Waals surface area contributed by atoms with Gasteiger partial charge in [-0.25, -0.2) is 9.67 Å². The van der Waals surface area contributed by atoms with Gasteiger partial charge in [0.25, 0.3) is 5.91 Å². The standard InChI is InChI=1S/C19H26N4O2/c1-11(2)23-17-15(9-20-23)14(8-16(21-17)12-4-5-12)18(25)22-19(3,10-24)13-6-7-13/h8-9,11-13,24H,4-7,10H2,1-3H3,(H,22,25). The largest absolute Gasteiger partial charge is 0.394 e. The van der Waals surface area contributed by atoms with E-state index in [1.54, 1.807) is 6.20 Å². The molecule has 6 heteroatoms. The van der Waals surface area contributed by atoms with Gasteiger partial charge in [-0.15, -0.1) is 0 Å². The minimum atomic E-state index is -0.555. The van der Waals surface area contributed by atoms with Crippen molar-refractivity contribution in [1.29, 1.82) is 0 Å². The fraction of sp³-hybridized carbons (Fsp3) is 0.632. The van der Waals surface area contributed by atoms with Gasteiger partial charge in [0.2, 0.25) is 0 Å². The summed E-state index contributed by atoms with van der Waals surface area (Å²) in [5.74, 6) is 0.681. The third-order valence-electron chi connectivity index (χ3n) is 5.52. The summed E-state index contributed by atoms with van der Waals surface area (Å²) in [6, 6.07) is 2.11. The Bertz CT molecular complexity index is 820. The Balaban J connectivity index is 1.76. The molecule has 1 unspecified atom stereocenters. The van der Waals surface area contributed by atoms with Gasteiger partial charge in [0.05, 0.1) is 29.3 Å². The van der Waals surface area contributed by atoms with Crippen molar-refractivity contribution >= 4 is 16.9 Å². The Kier molecular flexibility index (Phi) is 3.83. The lowest BCUT2D eigenvalue weighted by Crippen LogP contribution is -2.50. The van der Waals surface area contributed by atoms with Crippen molar-refractivity contribution in [2.75, 3.05) is 6.61 Å². The molecule has 134 valence electrons. The van der Waals surface area contributed by atoms with Crippen LogP contribution in [0.15, 0.2) is 12.3 Å². The number of carbonyl (C=O) groups is 1. The van der Waals surface area contributed by atoms with E-state index in [2.05, 4.69) is 24.3 Å². The fourth-order valence-electron chi connectivity index (χ4n) is 3.51. The molecule has 0 saturated heterocycles. The summed E-state index contributed by atoms with van der Waals surface area (Å²) < 4.78 is 1.88. The first-order valence-electron chi connectivity index (χ1n) is 9.24. The number of aliphatic hydroxyl groups excluding tert-OH is 1. The fourth-order valence-corrected chi connectivity index (χ4v) is 3.51. The first-order valence-corrected chi connectivity index (χ1v) is 9.24. The highest BCUT2D eigenvalue weighted by Crippen LogP contribution is 2.41. The zero-order valence-electron chi connectivity index (χ0n) is 15.1. The zero-order valence-corrected chi connectivity index (χ0v) is 15.1. The molecule has 6 nitrogen and oxygen atoms in total. The van der Waals surface area contributed by atoms with Crippen LogP contribution in [-0.2, 0) is 0 Å². The van der Waals surface area contributed by atoms with Gasteiger partial charge in [-0.2, -0.15) is 5.10 Å². The van der Waals surface area contributed by atoms with Crippen molar-refractivity contribution in [3.8, 4) is 0 Å². The molecule has 2 fully saturated rings. The third kappa shape index (κ3) is 2.92. The molecule has 1 atom stereocenters. The van der Waals surface area contributed by atoms with Crippen LogP contribution in [-0.4, -0.2) is 37.9 Å². The predicted molar refractivity (Wildman–Crippen MR) is 95.6 cm³/mol. The lowest BCUT2D eigenvalue weighted by atomic mass is 9.96. The minimum Gasteiger partial charge on any atom is -0.394 e. The molecule has 0 spiro atoms. The highest BCUT2D eigenvalue weighted by Gasteiger charge is 2.42. The molecular formula is C19H26N4O2. The van der Waals surface area contributed by atoms with Gasteiger partial charge < -0.3 is 10.4 Å². The Morgan fingerprint density at radius 2 is 2.12 bits per heavy atom. The number of aromatic nitrogens is 3. The summed E-state index contributed by atoms with van der Waals surface area (Å²) >= 11 is 0. The van der Waals surface area contributed by atoms with Gasteiger partial charge in [-0.3, -0.25) is 4.79 Å². The van der Waals surface area contributed by atoms with E-state index < -0.39 is 5.54 Å². The highest BCUT2D eigenvalue weighted by atomic mass is 16.3. The summed E-state index contributed by atoms with van der Waals surface area (Å²) in [5.41, 5.74) is 1.83. The van der Waals surface area contributed by atoms with Crippen molar-refractivity contribution in [2.24, 2.45) is 5.92 Å². The number of carbonyl (C=O) groups excluding carboxylic acids is 1. The van der Waals surface area contributed by atoms with Crippen LogP contribution in [0.3, 0.4) is 0 Å². The quantitative estimate of drug-likeness (QED) is 0.846. The second kappa shape index (κ2) is 5.80. The summed E-state index contributed by atoms with van der Waals surface area (Å²) in [6.07, 6.45) is 6.11. The number of hydrogen-bond acceptors (Lipinski definition) is 4. The maximum Gasteiger partial charge on any atom is 0.252 e. The van der Waals surface area contributed by atoms with Gasteiger partial charge in [-0.1, -0.05) is 0 Å². The summed E-state index contributed by atoms with van der Waals surface area (Å²) in [6.45, 7) is 6.01. The number of aliphatic hydroxyl groups is 1. The minimum absolute atomic E-state index is 0.0433. The lowest BCUT2D eigenvalue weighted by Gasteiger charge is -2.29. The summed E-state index contributed by atoms with van der Waals surface area (Å²) in [7, 11) is 0. The maximum absolute atomic E-state index is 13.1. The van der Waals surface area contributed by atoms with E-state index in [1.165, 1.54) is 0 Å². The molecule has 2 N–H and O–H groups in total. The van der Waals surface area contributed by atoms with Crippen LogP contribution in [0, 0.1) is 5.92 Å². The van der Waals surface area contributed by atoms with Crippen molar-refractivity contribution in [3.05, 3.63) is 23.5 Å². The topological polar surface area (TPSA) is 80.0 Å². The van der Waals surface area contributed by atoms with E-state index >= 15 is 0 Å². The number of nitrogens with one attached hydrogen (secondary N) is 1. The maximum atomic E-state index is 13.1. The van der Waals surface area contributed by atoms with Gasteiger partial charge in [-0.05, 0) is 58.4 Å². The molecule has 0 radical (unpaired) electrons. The number of fused-ring (bicyclic) bond motifs is 1. The Hall–Kier alpha value is -1.95. The molecule has 2 aromatic heterocycles. The first-order chi connectivity index (χ1) is 11.9. The molecule has 0 aromatic carbocycles. The smallest absolute Gasteiger partial charge is 0.252 e. The van der Waals surface area contributed by atoms with E-state index in [1.807, 2.05) is 17.7 Å². The monoisotopic (exact) mass is 342 g/mol. The number of nitrogens with zero attached hydrogens (tertiary/aromatic N) is 3. The molecule has 4 rings (SSSR count). The molecular weight excluding hydrogens is 316 g/mol. The summed E-state index contributed by atoms with van der Waals surface area (Å²) in [5, 5.41) is 18.1. The van der Waals surface area contributed by atoms with Crippen LogP contribution in [0.4, 0.5) is 0 Å². The third-order valence-corrected chi connectivity index (χ3v) is 5.52. The SMILES string of the molecule is CC(C)n1ncc2c(C(=O)NC(C)(CO)C3CC3)cc(C3CC3)nc21. The Labute approximate surface area is 147 Å². The number of pyridine rings is 1. The molecule has 2 aliphatic carbocycles. The van der Waals surface area contributed by atoms with Crippen LogP contribution in [0.25, 0.3) is 11.0 Å². The number of hydrogen-bond donors (Lipinski definition) is 2. The van der Waals surface area contributed by atoms with Gasteiger partial charge in [0.1, 0.15) is 0 Å². The molecule has 2 saturated carbocycles. The molecule has 0 bridgehead atoms. The highest BCUT2D eigenvalue weighted by molar-refractivity contribution is 6.05. The van der Waals surface area contributed by atoms with Crippen LogP contribution in [0.1, 0.15) is 74.5 Å². The molecule has 1 amide bonds. The van der Waals surface area contributed by atoms with E-state index in [-0.39, 0.29) is 18.6 Å². The van der Waals surface area contributed by atoms with Gasteiger partial charge >= 0.3 is 0 Å². The Morgan fingerprint density at radius 1 is 1.40 bits per heavy atom. The molecule has 2 aromatic rings. The molecule has 0 aliphatic heterocycles. The predicted octanol–water partition coefficient (Wildman–Crippen LogP) is 2.78. The first kappa shape index (κ1) is 16.5. The second-order valence-corrected chi connectivity index (χ2v) is 8.09. The van der Waals surface area contributed by atoms with E-state index in [0.717, 1.165) is 42.4 Å². The molecule has 25 heavy (non-hydrogen) atoms. The van der Waals surface area contributed by atoms with Crippen LogP contribution >= 0.6 is 0 Å². The van der Waals surface area contributed by atoms with Crippen LogP contribution in [0.5, 0.6) is 0 Å². The van der Waals surface area contributed by atoms with Crippen molar-refractivity contribution in [2.45, 2.75) is 64.0 Å². The van der Waals surface area contributed by atoms with Crippen LogP contribution in [0.2, 0.25) is 0 Å². The van der Waals surface area contributed by atoms with Crippen molar-refractivity contribution in [1.82, 2.24) is 20.1 Å². The zero-order chi connectivity index (χ0) is 17.8. The van der Waals surface area contributed by atoms with Crippen molar-refractivity contribution < 1.29 is 9.90 Å². The normalized spacial score (nSPS) is 20.0. The summed E-state index contributed by atoms with van der Waals surface area (Å²) in [4.78, 5) is 17.8. The average molecular weight is 342 g/mol. The Morgan fingerprint density at radius 3 is 2.68 bits per heavy atom. The molecule has 2 aliphatic rings. The van der Waals surface area contributed by atoms with E-state index in [4.69, 9.17) is 4.98 Å². The second-order valence-electron chi connectivity index (χ2n) is 8.09. The molecule has 2 heterocycles. The average Bonchev–Trinajstić information content (AvgIpc) is 3.48. The van der Waals surface area contributed by atoms with Gasteiger partial charge in [0, 0.05) is 17.7 Å². The van der Waals surface area contributed by atoms with Gasteiger partial charge in [0.15, 0.2) is 5.65 Å². The van der Waals surface area contributed by atoms with Crippen LogP contribution < -0.4 is 5.32 Å². The number of rotatable bonds is 6. The van der Waals surface area contributed by atoms with E-state index in [0.29, 0.717) is 17.4 Å². The van der Waals surface area contributed by atoms with E-state index in [9.17, 15) is 9.90 Å². The lowest BCUT2D eigenvalue weighted by molar-refractivity contribution is 0.0826.